The molecule has 86 valence electrons. The van der Waals surface area contributed by atoms with Crippen LogP contribution in [0.2, 0.25) is 0 Å². The molecule has 0 fully saturated rings. The number of primary amides is 1. The van der Waals surface area contributed by atoms with Gasteiger partial charge < -0.3 is 15.9 Å². The second-order valence-corrected chi connectivity index (χ2v) is 3.62. The van der Waals surface area contributed by atoms with Crippen molar-refractivity contribution in [3.8, 4) is 22.6 Å². The molecule has 0 bridgehead atoms. The molecule has 0 aliphatic heterocycles. The van der Waals surface area contributed by atoms with E-state index in [9.17, 15) is 15.0 Å². The second kappa shape index (κ2) is 4.17. The summed E-state index contributed by atoms with van der Waals surface area (Å²) >= 11 is 0. The van der Waals surface area contributed by atoms with E-state index in [1.165, 1.54) is 6.07 Å². The summed E-state index contributed by atoms with van der Waals surface area (Å²) in [5.74, 6) is -1.12. The molecule has 4 N–H and O–H groups in total. The number of phenolic OH excluding ortho intramolecular Hbond substituents is 1. The molecule has 0 spiro atoms. The van der Waals surface area contributed by atoms with Gasteiger partial charge in [0.15, 0.2) is 0 Å². The Labute approximate surface area is 97.9 Å². The fourth-order valence-electron chi connectivity index (χ4n) is 1.64. The smallest absolute Gasteiger partial charge is 0.252 e. The van der Waals surface area contributed by atoms with Gasteiger partial charge in [-0.25, -0.2) is 0 Å². The number of hydrogen-bond acceptors (Lipinski definition) is 3. The van der Waals surface area contributed by atoms with Crippen LogP contribution in [-0.4, -0.2) is 16.1 Å². The lowest BCUT2D eigenvalue weighted by atomic mass is 10.0. The summed E-state index contributed by atoms with van der Waals surface area (Å²) in [5, 5.41) is 19.4. The van der Waals surface area contributed by atoms with Crippen LogP contribution < -0.4 is 5.73 Å². The molecule has 0 saturated heterocycles. The molecule has 0 aliphatic carbocycles. The third-order valence-electron chi connectivity index (χ3n) is 2.44. The fraction of sp³-hybridized carbons (Fsp3) is 0. The Kier molecular flexibility index (Phi) is 2.70. The molecular weight excluding hydrogens is 218 g/mol. The maximum Gasteiger partial charge on any atom is 0.252 e. The van der Waals surface area contributed by atoms with E-state index < -0.39 is 5.91 Å². The molecule has 4 heteroatoms. The number of benzene rings is 2. The van der Waals surface area contributed by atoms with E-state index in [0.717, 1.165) is 6.07 Å². The second-order valence-electron chi connectivity index (χ2n) is 3.62. The van der Waals surface area contributed by atoms with Crippen LogP contribution in [0.3, 0.4) is 0 Å². The molecule has 2 aromatic carbocycles. The van der Waals surface area contributed by atoms with Gasteiger partial charge in [0.05, 0.1) is 5.56 Å². The van der Waals surface area contributed by atoms with Crippen molar-refractivity contribution >= 4 is 5.91 Å². The average molecular weight is 229 g/mol. The minimum atomic E-state index is -0.782. The average Bonchev–Trinajstić information content (AvgIpc) is 2.32. The van der Waals surface area contributed by atoms with E-state index in [0.29, 0.717) is 11.1 Å². The standard InChI is InChI=1S/C13H11NO3/c14-13(17)11-7-9(15)6-10(12(11)16)8-4-2-1-3-5-8/h1-7,15-16H,(H2,14,17). The van der Waals surface area contributed by atoms with Crippen molar-refractivity contribution in [1.29, 1.82) is 0 Å². The zero-order valence-corrected chi connectivity index (χ0v) is 8.92. The van der Waals surface area contributed by atoms with Crippen molar-refractivity contribution in [3.63, 3.8) is 0 Å². The van der Waals surface area contributed by atoms with Gasteiger partial charge >= 0.3 is 0 Å². The Balaban J connectivity index is 2.67. The Morgan fingerprint density at radius 1 is 1.06 bits per heavy atom. The lowest BCUT2D eigenvalue weighted by Gasteiger charge is -2.08. The molecule has 0 heterocycles. The van der Waals surface area contributed by atoms with E-state index in [4.69, 9.17) is 5.73 Å². The van der Waals surface area contributed by atoms with E-state index in [2.05, 4.69) is 0 Å². The van der Waals surface area contributed by atoms with Crippen molar-refractivity contribution in [2.45, 2.75) is 0 Å². The molecule has 0 aliphatic rings. The number of nitrogens with two attached hydrogens (primary N) is 1. The zero-order valence-electron chi connectivity index (χ0n) is 8.92. The molecule has 0 unspecified atom stereocenters. The zero-order chi connectivity index (χ0) is 12.4. The van der Waals surface area contributed by atoms with Crippen LogP contribution in [0.5, 0.6) is 11.5 Å². The van der Waals surface area contributed by atoms with Crippen LogP contribution in [0, 0.1) is 0 Å². The van der Waals surface area contributed by atoms with Crippen molar-refractivity contribution in [2.24, 2.45) is 5.73 Å². The van der Waals surface area contributed by atoms with Gasteiger partial charge in [0.1, 0.15) is 11.5 Å². The van der Waals surface area contributed by atoms with E-state index in [1.807, 2.05) is 6.07 Å². The molecule has 1 amide bonds. The predicted octanol–water partition coefficient (Wildman–Crippen LogP) is 1.86. The van der Waals surface area contributed by atoms with Crippen molar-refractivity contribution < 1.29 is 15.0 Å². The highest BCUT2D eigenvalue weighted by Gasteiger charge is 2.14. The Morgan fingerprint density at radius 2 is 1.71 bits per heavy atom. The summed E-state index contributed by atoms with van der Waals surface area (Å²) in [7, 11) is 0. The van der Waals surface area contributed by atoms with Crippen LogP contribution in [-0.2, 0) is 0 Å². The number of carbonyl (C=O) groups is 1. The summed E-state index contributed by atoms with van der Waals surface area (Å²) in [6, 6.07) is 11.5. The molecule has 0 aromatic heterocycles. The molecule has 17 heavy (non-hydrogen) atoms. The topological polar surface area (TPSA) is 83.6 Å². The molecule has 0 saturated carbocycles. The summed E-state index contributed by atoms with van der Waals surface area (Å²) in [6.45, 7) is 0. The summed E-state index contributed by atoms with van der Waals surface area (Å²) < 4.78 is 0. The van der Waals surface area contributed by atoms with Gasteiger partial charge in [0.25, 0.3) is 5.91 Å². The highest BCUT2D eigenvalue weighted by atomic mass is 16.3. The van der Waals surface area contributed by atoms with Gasteiger partial charge in [-0.15, -0.1) is 0 Å². The maximum atomic E-state index is 11.1. The third-order valence-corrected chi connectivity index (χ3v) is 2.44. The number of aromatic hydroxyl groups is 2. The number of rotatable bonds is 2. The minimum absolute atomic E-state index is 0.0937. The SMILES string of the molecule is NC(=O)c1cc(O)cc(-c2ccccc2)c1O. The lowest BCUT2D eigenvalue weighted by molar-refractivity contribution is 0.0997. The molecule has 2 rings (SSSR count). The Bertz CT molecular complexity index is 564. The Hall–Kier alpha value is -2.49. The normalized spacial score (nSPS) is 10.1. The largest absolute Gasteiger partial charge is 0.508 e. The first-order chi connectivity index (χ1) is 8.09. The van der Waals surface area contributed by atoms with Crippen LogP contribution in [0.15, 0.2) is 42.5 Å². The highest BCUT2D eigenvalue weighted by Crippen LogP contribution is 2.35. The summed E-state index contributed by atoms with van der Waals surface area (Å²) in [5.41, 5.74) is 6.10. The van der Waals surface area contributed by atoms with E-state index >= 15 is 0 Å². The quantitative estimate of drug-likeness (QED) is 0.687. The molecule has 4 nitrogen and oxygen atoms in total. The van der Waals surface area contributed by atoms with Crippen molar-refractivity contribution in [1.82, 2.24) is 0 Å². The van der Waals surface area contributed by atoms with Gasteiger partial charge in [-0.05, 0) is 17.7 Å². The van der Waals surface area contributed by atoms with Gasteiger partial charge in [-0.1, -0.05) is 30.3 Å². The first-order valence-corrected chi connectivity index (χ1v) is 5.01. The van der Waals surface area contributed by atoms with Gasteiger partial charge in [-0.2, -0.15) is 0 Å². The number of hydrogen-bond donors (Lipinski definition) is 3. The van der Waals surface area contributed by atoms with Crippen molar-refractivity contribution in [3.05, 3.63) is 48.0 Å². The summed E-state index contributed by atoms with van der Waals surface area (Å²) in [4.78, 5) is 11.1. The number of amides is 1. The van der Waals surface area contributed by atoms with Gasteiger partial charge in [0, 0.05) is 5.56 Å². The lowest BCUT2D eigenvalue weighted by Crippen LogP contribution is -2.11. The molecule has 2 aromatic rings. The summed E-state index contributed by atoms with van der Waals surface area (Å²) in [6.07, 6.45) is 0. The molecule has 0 atom stereocenters. The van der Waals surface area contributed by atoms with Crippen LogP contribution in [0.4, 0.5) is 0 Å². The third kappa shape index (κ3) is 2.06. The predicted molar refractivity (Wildman–Crippen MR) is 63.7 cm³/mol. The first-order valence-electron chi connectivity index (χ1n) is 5.01. The number of carbonyl (C=O) groups excluding carboxylic acids is 1. The fourth-order valence-corrected chi connectivity index (χ4v) is 1.64. The first kappa shape index (κ1) is 11.0. The highest BCUT2D eigenvalue weighted by molar-refractivity contribution is 5.98. The minimum Gasteiger partial charge on any atom is -0.508 e. The Morgan fingerprint density at radius 3 is 2.29 bits per heavy atom. The molecular formula is C13H11NO3. The number of phenols is 2. The van der Waals surface area contributed by atoms with Crippen molar-refractivity contribution in [2.75, 3.05) is 0 Å². The van der Waals surface area contributed by atoms with Gasteiger partial charge in [-0.3, -0.25) is 4.79 Å². The maximum absolute atomic E-state index is 11.1. The van der Waals surface area contributed by atoms with Crippen LogP contribution in [0.25, 0.3) is 11.1 Å². The van der Waals surface area contributed by atoms with Crippen LogP contribution in [0.1, 0.15) is 10.4 Å². The molecule has 0 radical (unpaired) electrons. The van der Waals surface area contributed by atoms with E-state index in [1.54, 1.807) is 24.3 Å². The van der Waals surface area contributed by atoms with E-state index in [-0.39, 0.29) is 17.1 Å². The van der Waals surface area contributed by atoms with Crippen LogP contribution >= 0.6 is 0 Å². The van der Waals surface area contributed by atoms with Gasteiger partial charge in [0.2, 0.25) is 0 Å². The monoisotopic (exact) mass is 229 g/mol.